The van der Waals surface area contributed by atoms with Gasteiger partial charge in [-0.15, -0.1) is 12.4 Å². The van der Waals surface area contributed by atoms with E-state index in [0.29, 0.717) is 17.4 Å². The zero-order chi connectivity index (χ0) is 15.0. The van der Waals surface area contributed by atoms with Gasteiger partial charge in [-0.1, -0.05) is 32.9 Å². The van der Waals surface area contributed by atoms with E-state index in [-0.39, 0.29) is 23.9 Å². The molecule has 6 heteroatoms. The molecule has 1 fully saturated rings. The molecule has 0 spiro atoms. The molecule has 4 nitrogen and oxygen atoms in total. The largest absolute Gasteiger partial charge is 0.326 e. The normalized spacial score (nSPS) is 17.1. The van der Waals surface area contributed by atoms with Crippen molar-refractivity contribution in [3.8, 4) is 0 Å². The molecular weight excluding hydrogens is 308 g/mol. The lowest BCUT2D eigenvalue weighted by Gasteiger charge is -2.19. The van der Waals surface area contributed by atoms with Crippen molar-refractivity contribution in [3.63, 3.8) is 0 Å². The first-order valence-electron chi connectivity index (χ1n) is 7.06. The number of benzene rings is 1. The van der Waals surface area contributed by atoms with E-state index in [1.807, 2.05) is 12.1 Å². The molecule has 0 heterocycles. The molecule has 3 N–H and O–H groups in total. The molecule has 0 aromatic heterocycles. The van der Waals surface area contributed by atoms with Crippen LogP contribution in [0.1, 0.15) is 39.2 Å². The lowest BCUT2D eigenvalue weighted by Crippen LogP contribution is -2.38. The van der Waals surface area contributed by atoms with Crippen LogP contribution >= 0.6 is 12.4 Å². The Hall–Kier alpha value is -0.620. The van der Waals surface area contributed by atoms with Crippen LogP contribution in [0.5, 0.6) is 0 Å². The predicted octanol–water partition coefficient (Wildman–Crippen LogP) is 2.42. The van der Waals surface area contributed by atoms with Gasteiger partial charge in [-0.2, -0.15) is 0 Å². The summed E-state index contributed by atoms with van der Waals surface area (Å²) in [7, 11) is -3.45. The van der Waals surface area contributed by atoms with Crippen molar-refractivity contribution in [2.75, 3.05) is 6.54 Å². The van der Waals surface area contributed by atoms with Crippen molar-refractivity contribution in [2.45, 2.75) is 50.0 Å². The standard InChI is InChI=1S/C15H24N2O2S.ClH/c1-15(2,3)12-6-8-13(9-7-12)20(18,19)17-10-14(16)11-4-5-11;/h6-9,11,14,17H,4-5,10,16H2,1-3H3;1H. The fraction of sp³-hybridized carbons (Fsp3) is 0.600. The van der Waals surface area contributed by atoms with E-state index in [2.05, 4.69) is 25.5 Å². The van der Waals surface area contributed by atoms with Gasteiger partial charge in [-0.25, -0.2) is 13.1 Å². The minimum Gasteiger partial charge on any atom is -0.326 e. The summed E-state index contributed by atoms with van der Waals surface area (Å²) >= 11 is 0. The highest BCUT2D eigenvalue weighted by Gasteiger charge is 2.29. The van der Waals surface area contributed by atoms with Gasteiger partial charge in [0.1, 0.15) is 0 Å². The summed E-state index contributed by atoms with van der Waals surface area (Å²) in [5.41, 5.74) is 7.05. The van der Waals surface area contributed by atoms with Crippen molar-refractivity contribution >= 4 is 22.4 Å². The zero-order valence-electron chi connectivity index (χ0n) is 12.8. The van der Waals surface area contributed by atoms with Crippen molar-refractivity contribution < 1.29 is 8.42 Å². The smallest absolute Gasteiger partial charge is 0.240 e. The van der Waals surface area contributed by atoms with Crippen molar-refractivity contribution in [2.24, 2.45) is 11.7 Å². The van der Waals surface area contributed by atoms with Crippen LogP contribution in [-0.2, 0) is 15.4 Å². The molecule has 1 saturated carbocycles. The van der Waals surface area contributed by atoms with E-state index in [1.165, 1.54) is 0 Å². The predicted molar refractivity (Wildman–Crippen MR) is 88.3 cm³/mol. The second kappa shape index (κ2) is 6.65. The Balaban J connectivity index is 0.00000220. The molecule has 0 saturated heterocycles. The average molecular weight is 333 g/mol. The molecular formula is C15H25ClN2O2S. The van der Waals surface area contributed by atoms with E-state index >= 15 is 0 Å². The van der Waals surface area contributed by atoms with E-state index in [9.17, 15) is 8.42 Å². The Morgan fingerprint density at radius 2 is 1.76 bits per heavy atom. The fourth-order valence-electron chi connectivity index (χ4n) is 2.11. The van der Waals surface area contributed by atoms with Gasteiger partial charge in [0.25, 0.3) is 0 Å². The van der Waals surface area contributed by atoms with E-state index < -0.39 is 10.0 Å². The first kappa shape index (κ1) is 18.4. The third-order valence-corrected chi connectivity index (χ3v) is 5.21. The summed E-state index contributed by atoms with van der Waals surface area (Å²) < 4.78 is 26.9. The molecule has 1 aliphatic rings. The zero-order valence-corrected chi connectivity index (χ0v) is 14.4. The average Bonchev–Trinajstić information content (AvgIpc) is 3.19. The number of hydrogen-bond acceptors (Lipinski definition) is 3. The molecule has 1 aliphatic carbocycles. The highest BCUT2D eigenvalue weighted by atomic mass is 35.5. The summed E-state index contributed by atoms with van der Waals surface area (Å²) in [5, 5.41) is 0. The summed E-state index contributed by atoms with van der Waals surface area (Å²) in [6.45, 7) is 6.62. The second-order valence-corrected chi connectivity index (χ2v) is 8.39. The third kappa shape index (κ3) is 4.95. The van der Waals surface area contributed by atoms with E-state index in [1.54, 1.807) is 12.1 Å². The second-order valence-electron chi connectivity index (χ2n) is 6.63. The molecule has 1 unspecified atom stereocenters. The summed E-state index contributed by atoms with van der Waals surface area (Å²) in [6.07, 6.45) is 2.23. The molecule has 1 atom stereocenters. The van der Waals surface area contributed by atoms with Crippen LogP contribution in [0.4, 0.5) is 0 Å². The molecule has 0 amide bonds. The summed E-state index contributed by atoms with van der Waals surface area (Å²) in [5.74, 6) is 0.487. The highest BCUT2D eigenvalue weighted by Crippen LogP contribution is 2.31. The quantitative estimate of drug-likeness (QED) is 0.869. The van der Waals surface area contributed by atoms with Gasteiger partial charge in [0, 0.05) is 12.6 Å². The number of rotatable bonds is 5. The lowest BCUT2D eigenvalue weighted by atomic mass is 9.87. The monoisotopic (exact) mass is 332 g/mol. The Kier molecular flexibility index (Phi) is 5.83. The van der Waals surface area contributed by atoms with Gasteiger partial charge in [0.2, 0.25) is 10.0 Å². The van der Waals surface area contributed by atoms with Gasteiger partial charge in [0.05, 0.1) is 4.90 Å². The molecule has 1 aromatic rings. The van der Waals surface area contributed by atoms with Crippen LogP contribution in [-0.4, -0.2) is 21.0 Å². The van der Waals surface area contributed by atoms with Crippen LogP contribution in [0, 0.1) is 5.92 Å². The van der Waals surface area contributed by atoms with E-state index in [0.717, 1.165) is 18.4 Å². The number of sulfonamides is 1. The number of nitrogens with one attached hydrogen (secondary N) is 1. The highest BCUT2D eigenvalue weighted by molar-refractivity contribution is 7.89. The summed E-state index contributed by atoms with van der Waals surface area (Å²) in [6, 6.07) is 6.99. The SMILES string of the molecule is CC(C)(C)c1ccc(S(=O)(=O)NCC(N)C2CC2)cc1.Cl. The van der Waals surface area contributed by atoms with Crippen molar-refractivity contribution in [1.29, 1.82) is 0 Å². The van der Waals surface area contributed by atoms with Gasteiger partial charge >= 0.3 is 0 Å². The van der Waals surface area contributed by atoms with Gasteiger partial charge < -0.3 is 5.73 Å². The first-order valence-corrected chi connectivity index (χ1v) is 8.54. The fourth-order valence-corrected chi connectivity index (χ4v) is 3.19. The Morgan fingerprint density at radius 1 is 1.24 bits per heavy atom. The maximum absolute atomic E-state index is 12.2. The third-order valence-electron chi connectivity index (χ3n) is 3.77. The van der Waals surface area contributed by atoms with Crippen LogP contribution in [0.15, 0.2) is 29.2 Å². The molecule has 0 bridgehead atoms. The van der Waals surface area contributed by atoms with Gasteiger partial charge in [0.15, 0.2) is 0 Å². The van der Waals surface area contributed by atoms with Crippen LogP contribution in [0.25, 0.3) is 0 Å². The van der Waals surface area contributed by atoms with Crippen molar-refractivity contribution in [1.82, 2.24) is 4.72 Å². The molecule has 0 radical (unpaired) electrons. The minimum absolute atomic E-state index is 0. The number of nitrogens with two attached hydrogens (primary N) is 1. The van der Waals surface area contributed by atoms with Crippen LogP contribution in [0.2, 0.25) is 0 Å². The maximum Gasteiger partial charge on any atom is 0.240 e. The molecule has 120 valence electrons. The maximum atomic E-state index is 12.2. The minimum atomic E-state index is -3.45. The molecule has 2 rings (SSSR count). The number of halogens is 1. The molecule has 0 aliphatic heterocycles. The lowest BCUT2D eigenvalue weighted by molar-refractivity contribution is 0.547. The van der Waals surface area contributed by atoms with Crippen LogP contribution < -0.4 is 10.5 Å². The Morgan fingerprint density at radius 3 is 2.19 bits per heavy atom. The molecule has 21 heavy (non-hydrogen) atoms. The number of hydrogen-bond donors (Lipinski definition) is 2. The first-order chi connectivity index (χ1) is 9.20. The van der Waals surface area contributed by atoms with Gasteiger partial charge in [-0.3, -0.25) is 0 Å². The topological polar surface area (TPSA) is 72.2 Å². The Bertz CT molecular complexity index is 560. The van der Waals surface area contributed by atoms with E-state index in [4.69, 9.17) is 5.73 Å². The van der Waals surface area contributed by atoms with Gasteiger partial charge in [-0.05, 0) is 41.9 Å². The molecule has 1 aromatic carbocycles. The van der Waals surface area contributed by atoms with Crippen molar-refractivity contribution in [3.05, 3.63) is 29.8 Å². The summed E-state index contributed by atoms with van der Waals surface area (Å²) in [4.78, 5) is 0.300. The van der Waals surface area contributed by atoms with Crippen LogP contribution in [0.3, 0.4) is 0 Å². The Labute approximate surface area is 134 Å².